The van der Waals surface area contributed by atoms with Crippen LogP contribution in [0.5, 0.6) is 11.5 Å². The summed E-state index contributed by atoms with van der Waals surface area (Å²) in [5, 5.41) is 20.3. The summed E-state index contributed by atoms with van der Waals surface area (Å²) in [7, 11) is 3.08. The maximum Gasteiger partial charge on any atom is 0.198 e. The molecule has 0 radical (unpaired) electrons. The van der Waals surface area contributed by atoms with Crippen molar-refractivity contribution < 1.29 is 18.7 Å². The van der Waals surface area contributed by atoms with Crippen molar-refractivity contribution in [3.63, 3.8) is 0 Å². The molecule has 3 aromatic carbocycles. The second-order valence-electron chi connectivity index (χ2n) is 7.20. The maximum absolute atomic E-state index is 13.9. The van der Waals surface area contributed by atoms with Crippen LogP contribution in [0.1, 0.15) is 27.0 Å². The molecule has 1 heterocycles. The van der Waals surface area contributed by atoms with Gasteiger partial charge in [-0.3, -0.25) is 9.89 Å². The van der Waals surface area contributed by atoms with E-state index in [1.165, 1.54) is 13.2 Å². The molecule has 0 fully saturated rings. The molecule has 0 aliphatic heterocycles. The molecular weight excluding hydrogens is 482 g/mol. The molecule has 1 aromatic heterocycles. The summed E-state index contributed by atoms with van der Waals surface area (Å²) in [6.07, 6.45) is 0. The molecule has 2 N–H and O–H groups in total. The van der Waals surface area contributed by atoms with Gasteiger partial charge < -0.3 is 14.8 Å². The van der Waals surface area contributed by atoms with E-state index in [2.05, 4.69) is 15.5 Å². The number of aromatic nitrogens is 2. The van der Waals surface area contributed by atoms with E-state index in [0.717, 1.165) is 17.7 Å². The highest BCUT2D eigenvalue weighted by molar-refractivity contribution is 6.37. The number of ketones is 1. The fourth-order valence-corrected chi connectivity index (χ4v) is 4.06. The number of carbonyl (C=O) groups excluding carboxylic acids is 1. The number of halogens is 3. The lowest BCUT2D eigenvalue weighted by atomic mass is 9.94. The normalized spacial score (nSPS) is 10.7. The Bertz CT molecular complexity index is 1460. The van der Waals surface area contributed by atoms with Crippen molar-refractivity contribution in [3.8, 4) is 17.6 Å². The van der Waals surface area contributed by atoms with Crippen LogP contribution >= 0.6 is 23.2 Å². The topological polar surface area (TPSA) is 100 Å². The van der Waals surface area contributed by atoms with Gasteiger partial charge in [-0.1, -0.05) is 23.2 Å². The fourth-order valence-electron chi connectivity index (χ4n) is 3.63. The molecule has 0 aliphatic carbocycles. The summed E-state index contributed by atoms with van der Waals surface area (Å²) in [6.45, 7) is 0.235. The molecule has 0 unspecified atom stereocenters. The zero-order valence-corrected chi connectivity index (χ0v) is 19.5. The molecule has 10 heteroatoms. The third-order valence-electron chi connectivity index (χ3n) is 5.28. The van der Waals surface area contributed by atoms with Crippen molar-refractivity contribution in [1.29, 1.82) is 5.26 Å². The number of hydrogen-bond donors (Lipinski definition) is 2. The first-order valence-corrected chi connectivity index (χ1v) is 10.7. The SMILES string of the molecule is COc1ccc(CNc2cc3n[nH]c(Cl)c3c(C#N)c2C(=O)c2cc(F)ccc2Cl)c(OC)c1. The van der Waals surface area contributed by atoms with Crippen molar-refractivity contribution in [2.24, 2.45) is 0 Å². The van der Waals surface area contributed by atoms with Gasteiger partial charge in [0, 0.05) is 29.4 Å². The van der Waals surface area contributed by atoms with Gasteiger partial charge >= 0.3 is 0 Å². The zero-order chi connectivity index (χ0) is 24.4. The maximum atomic E-state index is 13.9. The fraction of sp³-hybridized carbons (Fsp3) is 0.125. The van der Waals surface area contributed by atoms with E-state index >= 15 is 0 Å². The highest BCUT2D eigenvalue weighted by Gasteiger charge is 2.26. The van der Waals surface area contributed by atoms with Crippen LogP contribution in [0.4, 0.5) is 10.1 Å². The monoisotopic (exact) mass is 498 g/mol. The second kappa shape index (κ2) is 9.59. The number of fused-ring (bicyclic) bond motifs is 1. The number of nitrogens with one attached hydrogen (secondary N) is 2. The number of aromatic amines is 1. The van der Waals surface area contributed by atoms with Crippen LogP contribution in [0.15, 0.2) is 42.5 Å². The van der Waals surface area contributed by atoms with E-state index in [9.17, 15) is 14.4 Å². The molecule has 0 aliphatic rings. The third-order valence-corrected chi connectivity index (χ3v) is 5.88. The van der Waals surface area contributed by atoms with Crippen molar-refractivity contribution in [3.05, 3.63) is 80.7 Å². The van der Waals surface area contributed by atoms with Gasteiger partial charge in [-0.05, 0) is 36.4 Å². The number of rotatable bonds is 7. The van der Waals surface area contributed by atoms with Gasteiger partial charge in [0.05, 0.1) is 41.3 Å². The van der Waals surface area contributed by atoms with Crippen LogP contribution in [-0.2, 0) is 6.54 Å². The number of hydrogen-bond acceptors (Lipinski definition) is 6. The minimum atomic E-state index is -0.635. The highest BCUT2D eigenvalue weighted by Crippen LogP contribution is 2.35. The summed E-state index contributed by atoms with van der Waals surface area (Å²) < 4.78 is 24.6. The number of H-pyrrole nitrogens is 1. The highest BCUT2D eigenvalue weighted by atomic mass is 35.5. The lowest BCUT2D eigenvalue weighted by molar-refractivity contribution is 0.103. The van der Waals surface area contributed by atoms with E-state index in [1.54, 1.807) is 25.3 Å². The average molecular weight is 499 g/mol. The number of nitrogens with zero attached hydrogens (tertiary/aromatic N) is 2. The van der Waals surface area contributed by atoms with Crippen LogP contribution in [0.2, 0.25) is 10.2 Å². The van der Waals surface area contributed by atoms with Crippen LogP contribution in [-0.4, -0.2) is 30.2 Å². The zero-order valence-electron chi connectivity index (χ0n) is 18.0. The lowest BCUT2D eigenvalue weighted by Gasteiger charge is -2.16. The molecule has 7 nitrogen and oxygen atoms in total. The predicted molar refractivity (Wildman–Crippen MR) is 128 cm³/mol. The summed E-state index contributed by atoms with van der Waals surface area (Å²) in [5.41, 5.74) is 1.36. The molecule has 0 bridgehead atoms. The van der Waals surface area contributed by atoms with Gasteiger partial charge in [0.1, 0.15) is 28.5 Å². The van der Waals surface area contributed by atoms with E-state index in [-0.39, 0.29) is 38.8 Å². The Hall–Kier alpha value is -3.80. The summed E-state index contributed by atoms with van der Waals surface area (Å²) in [6, 6.07) is 12.4. The number of carbonyl (C=O) groups is 1. The van der Waals surface area contributed by atoms with Crippen LogP contribution < -0.4 is 14.8 Å². The number of benzene rings is 3. The average Bonchev–Trinajstić information content (AvgIpc) is 3.22. The van der Waals surface area contributed by atoms with Gasteiger partial charge in [0.2, 0.25) is 0 Å². The Balaban J connectivity index is 1.86. The molecule has 0 amide bonds. The number of anilines is 1. The van der Waals surface area contributed by atoms with Gasteiger partial charge in [0.15, 0.2) is 5.78 Å². The second-order valence-corrected chi connectivity index (χ2v) is 7.99. The van der Waals surface area contributed by atoms with E-state index in [1.807, 2.05) is 12.1 Å². The number of methoxy groups -OCH3 is 2. The van der Waals surface area contributed by atoms with E-state index in [0.29, 0.717) is 22.7 Å². The molecule has 0 atom stereocenters. The Morgan fingerprint density at radius 3 is 2.68 bits per heavy atom. The molecule has 172 valence electrons. The summed E-state index contributed by atoms with van der Waals surface area (Å²) in [5.74, 6) is -0.0792. The first-order chi connectivity index (χ1) is 16.4. The van der Waals surface area contributed by atoms with Crippen LogP contribution in [0.25, 0.3) is 10.9 Å². The summed E-state index contributed by atoms with van der Waals surface area (Å²) in [4.78, 5) is 13.6. The predicted octanol–water partition coefficient (Wildman–Crippen LogP) is 5.74. The molecule has 0 spiro atoms. The number of ether oxygens (including phenoxy) is 2. The van der Waals surface area contributed by atoms with Gasteiger partial charge in [-0.2, -0.15) is 10.4 Å². The van der Waals surface area contributed by atoms with Crippen molar-refractivity contribution in [1.82, 2.24) is 10.2 Å². The van der Waals surface area contributed by atoms with Crippen molar-refractivity contribution >= 4 is 45.6 Å². The minimum absolute atomic E-state index is 0.00159. The van der Waals surface area contributed by atoms with Crippen molar-refractivity contribution in [2.45, 2.75) is 6.54 Å². The van der Waals surface area contributed by atoms with Crippen LogP contribution in [0.3, 0.4) is 0 Å². The lowest BCUT2D eigenvalue weighted by Crippen LogP contribution is -2.12. The quantitative estimate of drug-likeness (QED) is 0.315. The van der Waals surface area contributed by atoms with Crippen LogP contribution in [0, 0.1) is 17.1 Å². The Morgan fingerprint density at radius 1 is 1.18 bits per heavy atom. The molecule has 0 saturated heterocycles. The smallest absolute Gasteiger partial charge is 0.198 e. The first-order valence-electron chi connectivity index (χ1n) is 9.93. The van der Waals surface area contributed by atoms with E-state index in [4.69, 9.17) is 32.7 Å². The van der Waals surface area contributed by atoms with Gasteiger partial charge in [-0.15, -0.1) is 0 Å². The minimum Gasteiger partial charge on any atom is -0.497 e. The molecular formula is C24H17Cl2FN4O3. The Morgan fingerprint density at radius 2 is 1.97 bits per heavy atom. The summed E-state index contributed by atoms with van der Waals surface area (Å²) >= 11 is 12.4. The van der Waals surface area contributed by atoms with Crippen molar-refractivity contribution in [2.75, 3.05) is 19.5 Å². The largest absolute Gasteiger partial charge is 0.497 e. The molecule has 4 aromatic rings. The van der Waals surface area contributed by atoms with Gasteiger partial charge in [0.25, 0.3) is 0 Å². The first kappa shape index (κ1) is 23.4. The Labute approximate surface area is 204 Å². The van der Waals surface area contributed by atoms with Gasteiger partial charge in [-0.25, -0.2) is 4.39 Å². The van der Waals surface area contributed by atoms with E-state index < -0.39 is 11.6 Å². The third kappa shape index (κ3) is 4.23. The Kier molecular flexibility index (Phi) is 6.59. The number of nitriles is 1. The standard InChI is InChI=1S/C24H17Cl2FN4O3/c1-33-14-5-3-12(20(8-14)34-2)11-29-18-9-19-22(24(26)31-30-19)16(10-28)21(18)23(32)15-7-13(27)4-6-17(15)25/h3-9,29H,11H2,1-2H3,(H,30,31). The molecule has 34 heavy (non-hydrogen) atoms. The molecule has 4 rings (SSSR count). The molecule has 0 saturated carbocycles.